The number of halogens is 1. The molecule has 4 nitrogen and oxygen atoms in total. The van der Waals surface area contributed by atoms with E-state index in [1.807, 2.05) is 0 Å². The summed E-state index contributed by atoms with van der Waals surface area (Å²) < 4.78 is 27.0. The number of nitrogens with zero attached hydrogens (tertiary/aromatic N) is 1. The molecule has 0 spiro atoms. The number of benzene rings is 1. The maximum Gasteiger partial charge on any atom is 0.240 e. The largest absolute Gasteiger partial charge is 0.303 e. The first-order chi connectivity index (χ1) is 10.9. The van der Waals surface area contributed by atoms with Crippen LogP contribution in [0.25, 0.3) is 0 Å². The van der Waals surface area contributed by atoms with Gasteiger partial charge in [-0.3, -0.25) is 0 Å². The predicted molar refractivity (Wildman–Crippen MR) is 95.3 cm³/mol. The Morgan fingerprint density at radius 1 is 1.22 bits per heavy atom. The second-order valence-electron chi connectivity index (χ2n) is 6.77. The van der Waals surface area contributed by atoms with Crippen molar-refractivity contribution in [2.75, 3.05) is 26.2 Å². The Balaban J connectivity index is 1.71. The van der Waals surface area contributed by atoms with Crippen LogP contribution in [0.2, 0.25) is 5.02 Å². The summed E-state index contributed by atoms with van der Waals surface area (Å²) in [5.41, 5.74) is 0. The van der Waals surface area contributed by atoms with E-state index in [2.05, 4.69) is 23.5 Å². The number of piperidine rings is 1. The van der Waals surface area contributed by atoms with Crippen LogP contribution in [0.5, 0.6) is 0 Å². The highest BCUT2D eigenvalue weighted by molar-refractivity contribution is 7.89. The molecule has 1 aromatic rings. The minimum absolute atomic E-state index is 0.226. The van der Waals surface area contributed by atoms with E-state index >= 15 is 0 Å². The molecule has 0 saturated carbocycles. The van der Waals surface area contributed by atoms with Gasteiger partial charge in [-0.25, -0.2) is 13.1 Å². The number of sulfonamides is 1. The second kappa shape index (κ2) is 8.47. The van der Waals surface area contributed by atoms with Gasteiger partial charge in [0.1, 0.15) is 0 Å². The fraction of sp³-hybridized carbons (Fsp3) is 0.647. The molecule has 23 heavy (non-hydrogen) atoms. The summed E-state index contributed by atoms with van der Waals surface area (Å²) >= 11 is 5.85. The molecule has 6 heteroatoms. The fourth-order valence-corrected chi connectivity index (χ4v) is 4.73. The highest BCUT2D eigenvalue weighted by Gasteiger charge is 2.21. The molecule has 2 atom stereocenters. The number of hydrogen-bond acceptors (Lipinski definition) is 3. The van der Waals surface area contributed by atoms with E-state index in [1.165, 1.54) is 25.6 Å². The van der Waals surface area contributed by atoms with Crippen molar-refractivity contribution in [1.82, 2.24) is 9.62 Å². The van der Waals surface area contributed by atoms with Gasteiger partial charge >= 0.3 is 0 Å². The molecule has 0 aliphatic carbocycles. The van der Waals surface area contributed by atoms with Gasteiger partial charge in [-0.05, 0) is 55.8 Å². The van der Waals surface area contributed by atoms with Crippen LogP contribution in [0.4, 0.5) is 0 Å². The zero-order valence-corrected chi connectivity index (χ0v) is 15.5. The molecule has 1 heterocycles. The van der Waals surface area contributed by atoms with Crippen LogP contribution in [0.15, 0.2) is 29.2 Å². The summed E-state index contributed by atoms with van der Waals surface area (Å²) in [5, 5.41) is 0.432. The molecule has 1 aliphatic heterocycles. The van der Waals surface area contributed by atoms with E-state index in [-0.39, 0.29) is 4.90 Å². The van der Waals surface area contributed by atoms with Crippen LogP contribution in [-0.2, 0) is 10.0 Å². The van der Waals surface area contributed by atoms with Crippen LogP contribution in [0, 0.1) is 11.8 Å². The molecular weight excluding hydrogens is 332 g/mol. The molecular formula is C17H27ClN2O2S. The number of rotatable bonds is 7. The molecule has 1 N–H and O–H groups in total. The standard InChI is InChI=1S/C17H27ClN2O2S/c1-14-10-15(2)13-20(12-14)9-4-3-8-19-23(21,22)17-7-5-6-16(18)11-17/h5-7,11,14-15,19H,3-4,8-10,12-13H2,1-2H3/t14-,15-/m0/s1. The summed E-state index contributed by atoms with van der Waals surface area (Å²) in [6.45, 7) is 8.46. The minimum Gasteiger partial charge on any atom is -0.303 e. The molecule has 1 fully saturated rings. The van der Waals surface area contributed by atoms with E-state index < -0.39 is 10.0 Å². The highest BCUT2D eigenvalue weighted by atomic mass is 35.5. The van der Waals surface area contributed by atoms with Gasteiger partial charge in [0.05, 0.1) is 4.90 Å². The highest BCUT2D eigenvalue weighted by Crippen LogP contribution is 2.21. The molecule has 2 rings (SSSR count). The molecule has 0 unspecified atom stereocenters. The fourth-order valence-electron chi connectivity index (χ4n) is 3.36. The average molecular weight is 359 g/mol. The van der Waals surface area contributed by atoms with Crippen molar-refractivity contribution in [3.63, 3.8) is 0 Å². The molecule has 1 saturated heterocycles. The summed E-state index contributed by atoms with van der Waals surface area (Å²) in [4.78, 5) is 2.73. The monoisotopic (exact) mass is 358 g/mol. The van der Waals surface area contributed by atoms with Crippen molar-refractivity contribution < 1.29 is 8.42 Å². The van der Waals surface area contributed by atoms with Gasteiger partial charge in [0.15, 0.2) is 0 Å². The first-order valence-corrected chi connectivity index (χ1v) is 10.2. The van der Waals surface area contributed by atoms with Crippen LogP contribution in [0.1, 0.15) is 33.1 Å². The quantitative estimate of drug-likeness (QED) is 0.760. The maximum atomic E-state index is 12.2. The van der Waals surface area contributed by atoms with Crippen LogP contribution < -0.4 is 4.72 Å². The molecule has 0 amide bonds. The summed E-state index contributed by atoms with van der Waals surface area (Å²) in [5.74, 6) is 1.53. The topological polar surface area (TPSA) is 49.4 Å². The van der Waals surface area contributed by atoms with Crippen molar-refractivity contribution in [3.8, 4) is 0 Å². The molecule has 0 radical (unpaired) electrons. The van der Waals surface area contributed by atoms with Crippen LogP contribution in [0.3, 0.4) is 0 Å². The lowest BCUT2D eigenvalue weighted by molar-refractivity contribution is 0.139. The Morgan fingerprint density at radius 2 is 1.91 bits per heavy atom. The maximum absolute atomic E-state index is 12.2. The second-order valence-corrected chi connectivity index (χ2v) is 8.97. The Bertz CT molecular complexity index is 596. The van der Waals surface area contributed by atoms with Crippen LogP contribution in [-0.4, -0.2) is 39.5 Å². The van der Waals surface area contributed by atoms with E-state index in [0.29, 0.717) is 11.6 Å². The van der Waals surface area contributed by atoms with Gasteiger partial charge in [-0.15, -0.1) is 0 Å². The minimum atomic E-state index is -3.45. The van der Waals surface area contributed by atoms with Gasteiger partial charge in [-0.2, -0.15) is 0 Å². The van der Waals surface area contributed by atoms with E-state index in [1.54, 1.807) is 18.2 Å². The Morgan fingerprint density at radius 3 is 2.57 bits per heavy atom. The van der Waals surface area contributed by atoms with Crippen molar-refractivity contribution in [2.24, 2.45) is 11.8 Å². The molecule has 130 valence electrons. The van der Waals surface area contributed by atoms with Gasteiger partial charge in [-0.1, -0.05) is 31.5 Å². The summed E-state index contributed by atoms with van der Waals surface area (Å²) in [6, 6.07) is 6.35. The molecule has 1 aromatic carbocycles. The zero-order chi connectivity index (χ0) is 16.9. The van der Waals surface area contributed by atoms with Crippen LogP contribution >= 0.6 is 11.6 Å². The number of hydrogen-bond donors (Lipinski definition) is 1. The molecule has 0 bridgehead atoms. The smallest absolute Gasteiger partial charge is 0.240 e. The van der Waals surface area contributed by atoms with E-state index in [0.717, 1.165) is 31.2 Å². The summed E-state index contributed by atoms with van der Waals surface area (Å²) in [7, 11) is -3.45. The predicted octanol–water partition coefficient (Wildman–Crippen LogP) is 3.38. The lowest BCUT2D eigenvalue weighted by Gasteiger charge is -2.34. The Kier molecular flexibility index (Phi) is 6.89. The summed E-state index contributed by atoms with van der Waals surface area (Å²) in [6.07, 6.45) is 3.17. The molecule has 1 aliphatic rings. The van der Waals surface area contributed by atoms with Crippen molar-refractivity contribution >= 4 is 21.6 Å². The number of likely N-dealkylation sites (tertiary alicyclic amines) is 1. The van der Waals surface area contributed by atoms with Gasteiger partial charge in [0, 0.05) is 24.7 Å². The normalized spacial score (nSPS) is 23.1. The van der Waals surface area contributed by atoms with Gasteiger partial charge in [0.25, 0.3) is 0 Å². The Hall–Kier alpha value is -0.620. The first kappa shape index (κ1) is 18.7. The van der Waals surface area contributed by atoms with Crippen molar-refractivity contribution in [3.05, 3.63) is 29.3 Å². The third-order valence-electron chi connectivity index (χ3n) is 4.24. The third-order valence-corrected chi connectivity index (χ3v) is 5.94. The van der Waals surface area contributed by atoms with Crippen molar-refractivity contribution in [2.45, 2.75) is 38.0 Å². The number of unbranched alkanes of at least 4 members (excludes halogenated alkanes) is 1. The molecule has 0 aromatic heterocycles. The zero-order valence-electron chi connectivity index (χ0n) is 14.0. The lowest BCUT2D eigenvalue weighted by Crippen LogP contribution is -2.39. The number of nitrogens with one attached hydrogen (secondary N) is 1. The Labute approximate surface area is 145 Å². The van der Waals surface area contributed by atoms with E-state index in [4.69, 9.17) is 11.6 Å². The van der Waals surface area contributed by atoms with Gasteiger partial charge < -0.3 is 4.90 Å². The average Bonchev–Trinajstić information content (AvgIpc) is 2.46. The lowest BCUT2D eigenvalue weighted by atomic mass is 9.92. The third kappa shape index (κ3) is 6.07. The SMILES string of the molecule is C[C@H]1C[C@H](C)CN(CCCCNS(=O)(=O)c2cccc(Cl)c2)C1. The van der Waals surface area contributed by atoms with E-state index in [9.17, 15) is 8.42 Å². The first-order valence-electron chi connectivity index (χ1n) is 8.34. The van der Waals surface area contributed by atoms with Gasteiger partial charge in [0.2, 0.25) is 10.0 Å². The van der Waals surface area contributed by atoms with Crippen molar-refractivity contribution in [1.29, 1.82) is 0 Å².